The van der Waals surface area contributed by atoms with E-state index in [0.717, 1.165) is 25.9 Å². The van der Waals surface area contributed by atoms with E-state index in [-0.39, 0.29) is 5.91 Å². The zero-order valence-corrected chi connectivity index (χ0v) is 11.8. The first-order chi connectivity index (χ1) is 9.81. The third-order valence-corrected chi connectivity index (χ3v) is 4.08. The molecule has 1 N–H and O–H groups in total. The number of thiazole rings is 1. The predicted molar refractivity (Wildman–Crippen MR) is 75.4 cm³/mol. The molecule has 1 amide bonds. The number of hydrogen-bond donors (Lipinski definition) is 1. The molecule has 8 heteroatoms. The first-order valence-corrected chi connectivity index (χ1v) is 7.45. The van der Waals surface area contributed by atoms with Gasteiger partial charge in [0.15, 0.2) is 5.13 Å². The highest BCUT2D eigenvalue weighted by molar-refractivity contribution is 7.13. The summed E-state index contributed by atoms with van der Waals surface area (Å²) >= 11 is 1.43. The Hall–Kier alpha value is -1.80. The summed E-state index contributed by atoms with van der Waals surface area (Å²) < 4.78 is 1.82. The second kappa shape index (κ2) is 6.10. The molecule has 0 aliphatic carbocycles. The van der Waals surface area contributed by atoms with Crippen molar-refractivity contribution in [2.75, 3.05) is 18.4 Å². The Kier molecular flexibility index (Phi) is 4.03. The number of amides is 1. The van der Waals surface area contributed by atoms with Gasteiger partial charge in [0.1, 0.15) is 12.7 Å². The average Bonchev–Trinajstić information content (AvgIpc) is 3.14. The van der Waals surface area contributed by atoms with Crippen LogP contribution in [0.5, 0.6) is 0 Å². The molecule has 7 nitrogen and oxygen atoms in total. The number of nitrogens with one attached hydrogen (secondary N) is 1. The van der Waals surface area contributed by atoms with E-state index in [1.54, 1.807) is 12.5 Å². The molecule has 0 saturated carbocycles. The van der Waals surface area contributed by atoms with Gasteiger partial charge < -0.3 is 5.32 Å². The zero-order valence-electron chi connectivity index (χ0n) is 11.0. The van der Waals surface area contributed by atoms with E-state index in [2.05, 4.69) is 25.3 Å². The summed E-state index contributed by atoms with van der Waals surface area (Å²) in [6.07, 6.45) is 7.14. The molecule has 2 aromatic rings. The van der Waals surface area contributed by atoms with Crippen LogP contribution < -0.4 is 5.32 Å². The molecule has 1 fully saturated rings. The van der Waals surface area contributed by atoms with Gasteiger partial charge in [0.25, 0.3) is 0 Å². The van der Waals surface area contributed by atoms with Crippen molar-refractivity contribution in [3.63, 3.8) is 0 Å². The van der Waals surface area contributed by atoms with E-state index in [4.69, 9.17) is 0 Å². The number of rotatable bonds is 5. The number of hydrogen-bond acceptors (Lipinski definition) is 6. The summed E-state index contributed by atoms with van der Waals surface area (Å²) in [6, 6.07) is 0.346. The molecule has 20 heavy (non-hydrogen) atoms. The third kappa shape index (κ3) is 3.20. The molecule has 0 radical (unpaired) electrons. The van der Waals surface area contributed by atoms with Gasteiger partial charge in [0, 0.05) is 17.6 Å². The Morgan fingerprint density at radius 3 is 3.25 bits per heavy atom. The second-order valence-electron chi connectivity index (χ2n) is 4.77. The molecule has 3 heterocycles. The van der Waals surface area contributed by atoms with Crippen LogP contribution in [0.2, 0.25) is 0 Å². The van der Waals surface area contributed by atoms with E-state index >= 15 is 0 Å². The van der Waals surface area contributed by atoms with Crippen LogP contribution in [0.1, 0.15) is 12.8 Å². The lowest BCUT2D eigenvalue weighted by Crippen LogP contribution is -2.39. The summed E-state index contributed by atoms with van der Waals surface area (Å²) in [7, 11) is 0. The Morgan fingerprint density at radius 1 is 1.55 bits per heavy atom. The number of nitrogens with zero attached hydrogens (tertiary/aromatic N) is 5. The fourth-order valence-corrected chi connectivity index (χ4v) is 3.03. The minimum absolute atomic E-state index is 0.00885. The van der Waals surface area contributed by atoms with Crippen molar-refractivity contribution in [3.8, 4) is 0 Å². The van der Waals surface area contributed by atoms with Gasteiger partial charge in [-0.15, -0.1) is 11.3 Å². The number of carbonyl (C=O) groups is 1. The van der Waals surface area contributed by atoms with Crippen LogP contribution in [-0.2, 0) is 11.3 Å². The molecule has 1 aliphatic rings. The molecule has 0 spiro atoms. The molecule has 0 aromatic carbocycles. The standard InChI is InChI=1S/C12H16N6OS/c19-11(16-12-14-3-5-20-12)7-17-4-1-2-10(17)6-18-9-13-8-15-18/h3,5,8-10H,1-2,4,6-7H2,(H,14,16,19)/t10-/m0/s1. The van der Waals surface area contributed by atoms with Crippen molar-refractivity contribution < 1.29 is 4.79 Å². The summed E-state index contributed by atoms with van der Waals surface area (Å²) in [5, 5.41) is 9.45. The summed E-state index contributed by atoms with van der Waals surface area (Å²) in [5.74, 6) is -0.00885. The fourth-order valence-electron chi connectivity index (χ4n) is 2.48. The Balaban J connectivity index is 1.54. The molecule has 0 unspecified atom stereocenters. The van der Waals surface area contributed by atoms with Gasteiger partial charge in [-0.3, -0.25) is 14.4 Å². The molecule has 106 valence electrons. The lowest BCUT2D eigenvalue weighted by atomic mass is 10.2. The van der Waals surface area contributed by atoms with Gasteiger partial charge in [-0.05, 0) is 19.4 Å². The number of aromatic nitrogens is 4. The molecule has 3 rings (SSSR count). The maximum Gasteiger partial charge on any atom is 0.240 e. The smallest absolute Gasteiger partial charge is 0.240 e. The molecule has 0 bridgehead atoms. The largest absolute Gasteiger partial charge is 0.301 e. The topological polar surface area (TPSA) is 75.9 Å². The van der Waals surface area contributed by atoms with Crippen molar-refractivity contribution >= 4 is 22.4 Å². The van der Waals surface area contributed by atoms with Crippen molar-refractivity contribution in [1.29, 1.82) is 0 Å². The van der Waals surface area contributed by atoms with Crippen molar-refractivity contribution in [3.05, 3.63) is 24.2 Å². The van der Waals surface area contributed by atoms with Crippen molar-refractivity contribution in [2.45, 2.75) is 25.4 Å². The van der Waals surface area contributed by atoms with E-state index in [0.29, 0.717) is 17.7 Å². The molecular weight excluding hydrogens is 276 g/mol. The number of likely N-dealkylation sites (tertiary alicyclic amines) is 1. The van der Waals surface area contributed by atoms with Crippen LogP contribution in [0.4, 0.5) is 5.13 Å². The monoisotopic (exact) mass is 292 g/mol. The van der Waals surface area contributed by atoms with E-state index < -0.39 is 0 Å². The van der Waals surface area contributed by atoms with Gasteiger partial charge in [-0.2, -0.15) is 5.10 Å². The highest BCUT2D eigenvalue weighted by atomic mass is 32.1. The quantitative estimate of drug-likeness (QED) is 0.883. The highest BCUT2D eigenvalue weighted by Gasteiger charge is 2.26. The third-order valence-electron chi connectivity index (χ3n) is 3.39. The van der Waals surface area contributed by atoms with Crippen molar-refractivity contribution in [1.82, 2.24) is 24.6 Å². The Bertz CT molecular complexity index is 540. The maximum absolute atomic E-state index is 12.0. The van der Waals surface area contributed by atoms with Gasteiger partial charge in [0.05, 0.1) is 13.1 Å². The fraction of sp³-hybridized carbons (Fsp3) is 0.500. The van der Waals surface area contributed by atoms with Crippen LogP contribution in [-0.4, -0.2) is 49.7 Å². The summed E-state index contributed by atoms with van der Waals surface area (Å²) in [6.45, 7) is 2.13. The second-order valence-corrected chi connectivity index (χ2v) is 5.66. The van der Waals surface area contributed by atoms with E-state index in [1.165, 1.54) is 17.7 Å². The predicted octanol–water partition coefficient (Wildman–Crippen LogP) is 0.838. The molecule has 1 saturated heterocycles. The van der Waals surface area contributed by atoms with Crippen LogP contribution in [0.15, 0.2) is 24.2 Å². The minimum atomic E-state index is -0.00885. The number of carbonyl (C=O) groups excluding carboxylic acids is 1. The van der Waals surface area contributed by atoms with E-state index in [9.17, 15) is 4.79 Å². The lowest BCUT2D eigenvalue weighted by molar-refractivity contribution is -0.117. The lowest BCUT2D eigenvalue weighted by Gasteiger charge is -2.23. The molecule has 2 aromatic heterocycles. The molecule has 1 aliphatic heterocycles. The summed E-state index contributed by atoms with van der Waals surface area (Å²) in [4.78, 5) is 22.2. The van der Waals surface area contributed by atoms with Crippen LogP contribution in [0.25, 0.3) is 0 Å². The SMILES string of the molecule is O=C(CN1CCC[C@H]1Cn1cncn1)Nc1nccs1. The van der Waals surface area contributed by atoms with Gasteiger partial charge in [-0.25, -0.2) is 9.97 Å². The first-order valence-electron chi connectivity index (χ1n) is 6.57. The van der Waals surface area contributed by atoms with Gasteiger partial charge in [-0.1, -0.05) is 0 Å². The van der Waals surface area contributed by atoms with E-state index in [1.807, 2.05) is 10.1 Å². The van der Waals surface area contributed by atoms with Gasteiger partial charge in [0.2, 0.25) is 5.91 Å². The maximum atomic E-state index is 12.0. The number of anilines is 1. The zero-order chi connectivity index (χ0) is 13.8. The average molecular weight is 292 g/mol. The van der Waals surface area contributed by atoms with Crippen molar-refractivity contribution in [2.24, 2.45) is 0 Å². The Labute approximate surface area is 120 Å². The molecular formula is C12H16N6OS. The van der Waals surface area contributed by atoms with Crippen LogP contribution in [0.3, 0.4) is 0 Å². The first kappa shape index (κ1) is 13.2. The van der Waals surface area contributed by atoms with Crippen LogP contribution in [0, 0.1) is 0 Å². The summed E-state index contributed by atoms with van der Waals surface area (Å²) in [5.41, 5.74) is 0. The highest BCUT2D eigenvalue weighted by Crippen LogP contribution is 2.18. The van der Waals surface area contributed by atoms with Gasteiger partial charge >= 0.3 is 0 Å². The minimum Gasteiger partial charge on any atom is -0.301 e. The normalized spacial score (nSPS) is 19.3. The molecule has 1 atom stereocenters. The van der Waals surface area contributed by atoms with Crippen LogP contribution >= 0.6 is 11.3 Å². The Morgan fingerprint density at radius 2 is 2.50 bits per heavy atom.